The Morgan fingerprint density at radius 1 is 1.50 bits per heavy atom. The summed E-state index contributed by atoms with van der Waals surface area (Å²) in [6.45, 7) is 5.52. The average molecular weight is 195 g/mol. The number of unbranched alkanes of at least 4 members (excludes halogenated alkanes) is 1. The second kappa shape index (κ2) is 5.81. The van der Waals surface area contributed by atoms with Gasteiger partial charge in [0.25, 0.3) is 0 Å². The predicted molar refractivity (Wildman–Crippen MR) is 59.2 cm³/mol. The minimum absolute atomic E-state index is 0.468. The van der Waals surface area contributed by atoms with Crippen molar-refractivity contribution in [2.75, 3.05) is 6.54 Å². The quantitative estimate of drug-likeness (QED) is 0.706. The highest BCUT2D eigenvalue weighted by Crippen LogP contribution is 2.14. The van der Waals surface area contributed by atoms with Gasteiger partial charge in [-0.05, 0) is 19.4 Å². The highest BCUT2D eigenvalue weighted by Gasteiger charge is 2.09. The Morgan fingerprint density at radius 3 is 2.79 bits per heavy atom. The van der Waals surface area contributed by atoms with Crippen LogP contribution < -0.4 is 5.32 Å². The summed E-state index contributed by atoms with van der Waals surface area (Å²) in [5.41, 5.74) is 1.30. The molecule has 1 aromatic rings. The van der Waals surface area contributed by atoms with Gasteiger partial charge in [-0.1, -0.05) is 20.3 Å². The van der Waals surface area contributed by atoms with Crippen molar-refractivity contribution in [3.63, 3.8) is 0 Å². The Morgan fingerprint density at radius 2 is 2.29 bits per heavy atom. The topological polar surface area (TPSA) is 29.9 Å². The lowest BCUT2D eigenvalue weighted by Gasteiger charge is -2.14. The third-order valence-corrected chi connectivity index (χ3v) is 2.46. The second-order valence-corrected chi connectivity index (χ2v) is 3.72. The normalized spacial score (nSPS) is 13.1. The Hall–Kier alpha value is -0.830. The molecule has 0 aromatic carbocycles. The monoisotopic (exact) mass is 195 g/mol. The van der Waals surface area contributed by atoms with Gasteiger partial charge in [-0.15, -0.1) is 0 Å². The van der Waals surface area contributed by atoms with E-state index in [1.165, 1.54) is 18.4 Å². The predicted octanol–water partition coefficient (Wildman–Crippen LogP) is 2.26. The van der Waals surface area contributed by atoms with E-state index in [-0.39, 0.29) is 0 Å². The van der Waals surface area contributed by atoms with Crippen LogP contribution in [0.2, 0.25) is 0 Å². The molecule has 0 bridgehead atoms. The van der Waals surface area contributed by atoms with Gasteiger partial charge in [0.05, 0.1) is 6.20 Å². The van der Waals surface area contributed by atoms with Crippen LogP contribution in [0.1, 0.15) is 44.7 Å². The van der Waals surface area contributed by atoms with Crippen LogP contribution in [0.3, 0.4) is 0 Å². The van der Waals surface area contributed by atoms with Crippen LogP contribution in [-0.2, 0) is 7.05 Å². The molecule has 0 aliphatic carbocycles. The SMILES string of the molecule is CCCCNC(CC)c1cnn(C)c1. The molecule has 0 spiro atoms. The molecule has 80 valence electrons. The lowest BCUT2D eigenvalue weighted by atomic mass is 10.1. The van der Waals surface area contributed by atoms with E-state index in [0.29, 0.717) is 6.04 Å². The first-order valence-corrected chi connectivity index (χ1v) is 5.49. The molecule has 0 amide bonds. The van der Waals surface area contributed by atoms with Crippen LogP contribution in [0.15, 0.2) is 12.4 Å². The van der Waals surface area contributed by atoms with Crippen molar-refractivity contribution in [3.8, 4) is 0 Å². The van der Waals surface area contributed by atoms with Crippen molar-refractivity contribution in [2.24, 2.45) is 7.05 Å². The van der Waals surface area contributed by atoms with Crippen molar-refractivity contribution in [3.05, 3.63) is 18.0 Å². The first-order chi connectivity index (χ1) is 6.77. The fourth-order valence-electron chi connectivity index (χ4n) is 1.57. The van der Waals surface area contributed by atoms with Gasteiger partial charge in [0.2, 0.25) is 0 Å². The zero-order valence-electron chi connectivity index (χ0n) is 9.45. The summed E-state index contributed by atoms with van der Waals surface area (Å²) in [4.78, 5) is 0. The van der Waals surface area contributed by atoms with Crippen LogP contribution in [0.4, 0.5) is 0 Å². The molecule has 0 saturated carbocycles. The third kappa shape index (κ3) is 3.14. The van der Waals surface area contributed by atoms with E-state index in [4.69, 9.17) is 0 Å². The first kappa shape index (κ1) is 11.2. The lowest BCUT2D eigenvalue weighted by molar-refractivity contribution is 0.507. The van der Waals surface area contributed by atoms with Crippen molar-refractivity contribution >= 4 is 0 Å². The molecule has 0 aliphatic heterocycles. The summed E-state index contributed by atoms with van der Waals surface area (Å²) in [5, 5.41) is 7.74. The number of nitrogens with one attached hydrogen (secondary N) is 1. The van der Waals surface area contributed by atoms with E-state index < -0.39 is 0 Å². The van der Waals surface area contributed by atoms with Gasteiger partial charge in [0.1, 0.15) is 0 Å². The molecule has 1 N–H and O–H groups in total. The van der Waals surface area contributed by atoms with Gasteiger partial charge in [-0.25, -0.2) is 0 Å². The van der Waals surface area contributed by atoms with Gasteiger partial charge in [0.15, 0.2) is 0 Å². The van der Waals surface area contributed by atoms with Crippen LogP contribution in [-0.4, -0.2) is 16.3 Å². The van der Waals surface area contributed by atoms with E-state index in [0.717, 1.165) is 13.0 Å². The van der Waals surface area contributed by atoms with E-state index in [1.54, 1.807) is 0 Å². The Labute approximate surface area is 86.5 Å². The molecule has 1 rings (SSSR count). The van der Waals surface area contributed by atoms with Crippen molar-refractivity contribution in [1.82, 2.24) is 15.1 Å². The zero-order valence-corrected chi connectivity index (χ0v) is 9.45. The molecule has 1 atom stereocenters. The Bertz CT molecular complexity index is 255. The van der Waals surface area contributed by atoms with E-state index in [9.17, 15) is 0 Å². The molecule has 0 saturated heterocycles. The molecule has 1 unspecified atom stereocenters. The number of hydrogen-bond donors (Lipinski definition) is 1. The maximum absolute atomic E-state index is 4.19. The zero-order chi connectivity index (χ0) is 10.4. The maximum Gasteiger partial charge on any atom is 0.0537 e. The highest BCUT2D eigenvalue weighted by molar-refractivity contribution is 5.09. The fourth-order valence-corrected chi connectivity index (χ4v) is 1.57. The standard InChI is InChI=1S/C11H21N3/c1-4-6-7-12-11(5-2)10-8-13-14(3)9-10/h8-9,11-12H,4-7H2,1-3H3. The number of aryl methyl sites for hydroxylation is 1. The molecular weight excluding hydrogens is 174 g/mol. The summed E-state index contributed by atoms with van der Waals surface area (Å²) in [6, 6.07) is 0.468. The Balaban J connectivity index is 2.45. The largest absolute Gasteiger partial charge is 0.310 e. The molecule has 0 aliphatic rings. The lowest BCUT2D eigenvalue weighted by Crippen LogP contribution is -2.21. The maximum atomic E-state index is 4.19. The van der Waals surface area contributed by atoms with Crippen molar-refractivity contribution < 1.29 is 0 Å². The molecular formula is C11H21N3. The van der Waals surface area contributed by atoms with Gasteiger partial charge >= 0.3 is 0 Å². The van der Waals surface area contributed by atoms with E-state index in [1.807, 2.05) is 17.9 Å². The minimum Gasteiger partial charge on any atom is -0.310 e. The molecule has 3 nitrogen and oxygen atoms in total. The molecule has 1 heterocycles. The minimum atomic E-state index is 0.468. The summed E-state index contributed by atoms with van der Waals surface area (Å²) in [6.07, 6.45) is 7.66. The number of aromatic nitrogens is 2. The van der Waals surface area contributed by atoms with Gasteiger partial charge in [-0.2, -0.15) is 5.10 Å². The summed E-state index contributed by atoms with van der Waals surface area (Å²) < 4.78 is 1.86. The molecule has 0 radical (unpaired) electrons. The summed E-state index contributed by atoms with van der Waals surface area (Å²) in [7, 11) is 1.96. The highest BCUT2D eigenvalue weighted by atomic mass is 15.2. The Kier molecular flexibility index (Phi) is 4.66. The number of hydrogen-bond acceptors (Lipinski definition) is 2. The van der Waals surface area contributed by atoms with E-state index >= 15 is 0 Å². The van der Waals surface area contributed by atoms with Crippen LogP contribution >= 0.6 is 0 Å². The average Bonchev–Trinajstić information content (AvgIpc) is 2.60. The van der Waals surface area contributed by atoms with Crippen molar-refractivity contribution in [2.45, 2.75) is 39.2 Å². The summed E-state index contributed by atoms with van der Waals surface area (Å²) in [5.74, 6) is 0. The molecule has 0 fully saturated rings. The van der Waals surface area contributed by atoms with Crippen LogP contribution in [0, 0.1) is 0 Å². The van der Waals surface area contributed by atoms with Gasteiger partial charge in [0, 0.05) is 24.8 Å². The van der Waals surface area contributed by atoms with Crippen molar-refractivity contribution in [1.29, 1.82) is 0 Å². The number of rotatable bonds is 6. The smallest absolute Gasteiger partial charge is 0.0537 e. The summed E-state index contributed by atoms with van der Waals surface area (Å²) >= 11 is 0. The fraction of sp³-hybridized carbons (Fsp3) is 0.727. The third-order valence-electron chi connectivity index (χ3n) is 2.46. The van der Waals surface area contributed by atoms with E-state index in [2.05, 4.69) is 30.5 Å². The molecule has 3 heteroatoms. The van der Waals surface area contributed by atoms with Crippen LogP contribution in [0.25, 0.3) is 0 Å². The number of nitrogens with zero attached hydrogens (tertiary/aromatic N) is 2. The first-order valence-electron chi connectivity index (χ1n) is 5.49. The van der Waals surface area contributed by atoms with Crippen LogP contribution in [0.5, 0.6) is 0 Å². The molecule has 14 heavy (non-hydrogen) atoms. The van der Waals surface area contributed by atoms with Gasteiger partial charge < -0.3 is 5.32 Å². The molecule has 1 aromatic heterocycles. The van der Waals surface area contributed by atoms with Gasteiger partial charge in [-0.3, -0.25) is 4.68 Å². The second-order valence-electron chi connectivity index (χ2n) is 3.72.